The fraction of sp³-hybridized carbons (Fsp3) is 0.417. The van der Waals surface area contributed by atoms with E-state index in [0.717, 1.165) is 12.1 Å². The van der Waals surface area contributed by atoms with E-state index in [-0.39, 0.29) is 6.04 Å². The predicted octanol–water partition coefficient (Wildman–Crippen LogP) is 1.27. The molecule has 2 aromatic rings. The number of aromatic amines is 1. The van der Waals surface area contributed by atoms with E-state index in [9.17, 15) is 9.00 Å². The van der Waals surface area contributed by atoms with Crippen molar-refractivity contribution in [2.45, 2.75) is 19.4 Å². The van der Waals surface area contributed by atoms with E-state index < -0.39 is 16.6 Å². The monoisotopic (exact) mass is 283 g/mol. The number of nitrogen functional groups attached to an aromatic ring is 1. The van der Waals surface area contributed by atoms with Gasteiger partial charge in [-0.2, -0.15) is 0 Å². The van der Waals surface area contributed by atoms with Gasteiger partial charge in [0.25, 0.3) is 0 Å². The number of fused-ring (bicyclic) bond motifs is 1. The molecule has 1 heterocycles. The van der Waals surface area contributed by atoms with E-state index >= 15 is 0 Å². The van der Waals surface area contributed by atoms with Crippen LogP contribution in [0.3, 0.4) is 0 Å². The molecule has 0 fully saturated rings. The molecule has 7 heteroatoms. The van der Waals surface area contributed by atoms with Crippen LogP contribution < -0.4 is 16.8 Å². The Morgan fingerprint density at radius 1 is 1.53 bits per heavy atom. The number of aromatic nitrogens is 1. The van der Waals surface area contributed by atoms with Gasteiger partial charge < -0.3 is 15.5 Å². The first-order valence-corrected chi connectivity index (χ1v) is 7.67. The van der Waals surface area contributed by atoms with Gasteiger partial charge in [-0.15, -0.1) is 0 Å². The first kappa shape index (κ1) is 13.7. The quantitative estimate of drug-likeness (QED) is 0.717. The number of H-pyrrole nitrogens is 1. The lowest BCUT2D eigenvalue weighted by Crippen LogP contribution is -2.18. The number of hydrogen-bond donors (Lipinski definition) is 3. The third kappa shape index (κ3) is 3.37. The van der Waals surface area contributed by atoms with E-state index in [1.807, 2.05) is 6.92 Å². The van der Waals surface area contributed by atoms with Gasteiger partial charge in [0.2, 0.25) is 0 Å². The molecular formula is C12H17N3O3S. The van der Waals surface area contributed by atoms with Gasteiger partial charge >= 0.3 is 5.76 Å². The molecule has 0 aliphatic rings. The van der Waals surface area contributed by atoms with Gasteiger partial charge in [-0.05, 0) is 19.4 Å². The van der Waals surface area contributed by atoms with Gasteiger partial charge in [0.15, 0.2) is 5.58 Å². The summed E-state index contributed by atoms with van der Waals surface area (Å²) in [4.78, 5) is 13.7. The number of nitrogens with one attached hydrogen (secondary N) is 2. The third-order valence-corrected chi connectivity index (χ3v) is 3.64. The normalized spacial score (nSPS) is 14.4. The topological polar surface area (TPSA) is 101 Å². The zero-order valence-electron chi connectivity index (χ0n) is 10.9. The SMILES string of the molecule is CC(CCS(C)=O)Nc1cc2[nH]c(=O)oc2cc1N. The Hall–Kier alpha value is -1.76. The summed E-state index contributed by atoms with van der Waals surface area (Å²) in [5.74, 6) is 0.139. The van der Waals surface area contributed by atoms with Crippen molar-refractivity contribution in [3.8, 4) is 0 Å². The highest BCUT2D eigenvalue weighted by atomic mass is 32.2. The molecule has 0 bridgehead atoms. The summed E-state index contributed by atoms with van der Waals surface area (Å²) >= 11 is 0. The summed E-state index contributed by atoms with van der Waals surface area (Å²) in [6.07, 6.45) is 2.46. The van der Waals surface area contributed by atoms with E-state index in [4.69, 9.17) is 10.2 Å². The Morgan fingerprint density at radius 3 is 2.95 bits per heavy atom. The molecule has 0 amide bonds. The molecule has 19 heavy (non-hydrogen) atoms. The summed E-state index contributed by atoms with van der Waals surface area (Å²) in [5, 5.41) is 3.24. The number of oxazole rings is 1. The van der Waals surface area contributed by atoms with Gasteiger partial charge in [0.1, 0.15) is 0 Å². The molecular weight excluding hydrogens is 266 g/mol. The summed E-state index contributed by atoms with van der Waals surface area (Å²) in [6.45, 7) is 1.99. The molecule has 0 aliphatic heterocycles. The highest BCUT2D eigenvalue weighted by Gasteiger charge is 2.09. The Balaban J connectivity index is 2.17. The second-order valence-corrected chi connectivity index (χ2v) is 6.12. The van der Waals surface area contributed by atoms with Crippen molar-refractivity contribution >= 4 is 33.3 Å². The van der Waals surface area contributed by atoms with Crippen molar-refractivity contribution in [3.63, 3.8) is 0 Å². The van der Waals surface area contributed by atoms with Crippen LogP contribution in [-0.2, 0) is 10.8 Å². The Bertz CT molecular complexity index is 662. The minimum absolute atomic E-state index is 0.141. The maximum absolute atomic E-state index is 11.1. The number of rotatable bonds is 5. The fourth-order valence-corrected chi connectivity index (χ4v) is 2.50. The van der Waals surface area contributed by atoms with Crippen molar-refractivity contribution in [2.75, 3.05) is 23.1 Å². The number of anilines is 2. The van der Waals surface area contributed by atoms with Crippen molar-refractivity contribution in [2.24, 2.45) is 0 Å². The highest BCUT2D eigenvalue weighted by Crippen LogP contribution is 2.25. The van der Waals surface area contributed by atoms with Crippen molar-refractivity contribution in [3.05, 3.63) is 22.7 Å². The zero-order chi connectivity index (χ0) is 14.0. The average molecular weight is 283 g/mol. The van der Waals surface area contributed by atoms with Gasteiger partial charge in [-0.3, -0.25) is 9.19 Å². The van der Waals surface area contributed by atoms with Crippen molar-refractivity contribution in [1.82, 2.24) is 4.98 Å². The van der Waals surface area contributed by atoms with Crippen LogP contribution in [0, 0.1) is 0 Å². The van der Waals surface area contributed by atoms with Crippen LogP contribution in [0.2, 0.25) is 0 Å². The molecule has 2 atom stereocenters. The fourth-order valence-electron chi connectivity index (χ4n) is 1.82. The molecule has 0 aliphatic carbocycles. The molecule has 0 saturated carbocycles. The molecule has 0 saturated heterocycles. The van der Waals surface area contributed by atoms with Crippen LogP contribution in [0.5, 0.6) is 0 Å². The molecule has 0 spiro atoms. The second-order valence-electron chi connectivity index (χ2n) is 4.56. The van der Waals surface area contributed by atoms with Crippen molar-refractivity contribution in [1.29, 1.82) is 0 Å². The van der Waals surface area contributed by atoms with Gasteiger partial charge in [-0.25, -0.2) is 4.79 Å². The standard InChI is InChI=1S/C12H17N3O3S/c1-7(3-4-19(2)17)14-9-6-10-11(5-8(9)13)18-12(16)15-10/h5-7,14H,3-4,13H2,1-2H3,(H,15,16). The van der Waals surface area contributed by atoms with Gasteiger partial charge in [-0.1, -0.05) is 0 Å². The molecule has 1 aromatic carbocycles. The largest absolute Gasteiger partial charge is 0.417 e. The smallest absolute Gasteiger partial charge is 0.408 e. The van der Waals surface area contributed by atoms with E-state index in [1.165, 1.54) is 0 Å². The zero-order valence-corrected chi connectivity index (χ0v) is 11.7. The Kier molecular flexibility index (Phi) is 3.94. The first-order chi connectivity index (χ1) is 8.95. The second kappa shape index (κ2) is 5.48. The van der Waals surface area contributed by atoms with Crippen LogP contribution in [-0.4, -0.2) is 27.2 Å². The molecule has 4 N–H and O–H groups in total. The van der Waals surface area contributed by atoms with Gasteiger partial charge in [0, 0.05) is 34.9 Å². The van der Waals surface area contributed by atoms with E-state index in [1.54, 1.807) is 18.4 Å². The van der Waals surface area contributed by atoms with Crippen LogP contribution >= 0.6 is 0 Å². The maximum Gasteiger partial charge on any atom is 0.417 e. The molecule has 104 valence electrons. The van der Waals surface area contributed by atoms with Crippen molar-refractivity contribution < 1.29 is 8.63 Å². The highest BCUT2D eigenvalue weighted by molar-refractivity contribution is 7.84. The predicted molar refractivity (Wildman–Crippen MR) is 77.9 cm³/mol. The van der Waals surface area contributed by atoms with Crippen LogP contribution in [0.4, 0.5) is 11.4 Å². The average Bonchev–Trinajstić information content (AvgIpc) is 2.66. The van der Waals surface area contributed by atoms with E-state index in [2.05, 4.69) is 10.3 Å². The number of hydrogen-bond acceptors (Lipinski definition) is 5. The molecule has 1 aromatic heterocycles. The van der Waals surface area contributed by atoms with E-state index in [0.29, 0.717) is 22.5 Å². The summed E-state index contributed by atoms with van der Waals surface area (Å²) in [6, 6.07) is 3.50. The number of nitrogens with two attached hydrogens (primary N) is 1. The lowest BCUT2D eigenvalue weighted by molar-refractivity contribution is 0.555. The number of benzene rings is 1. The molecule has 6 nitrogen and oxygen atoms in total. The van der Waals surface area contributed by atoms with Crippen LogP contribution in [0.1, 0.15) is 13.3 Å². The molecule has 2 unspecified atom stereocenters. The minimum Gasteiger partial charge on any atom is -0.408 e. The van der Waals surface area contributed by atoms with Crippen LogP contribution in [0.15, 0.2) is 21.3 Å². The van der Waals surface area contributed by atoms with Crippen LogP contribution in [0.25, 0.3) is 11.1 Å². The lowest BCUT2D eigenvalue weighted by Gasteiger charge is -2.16. The lowest BCUT2D eigenvalue weighted by atomic mass is 10.2. The Labute approximate surface area is 112 Å². The third-order valence-electron chi connectivity index (χ3n) is 2.83. The first-order valence-electron chi connectivity index (χ1n) is 5.94. The summed E-state index contributed by atoms with van der Waals surface area (Å²) in [5.41, 5.74) is 8.20. The molecule has 0 radical (unpaired) electrons. The summed E-state index contributed by atoms with van der Waals surface area (Å²) < 4.78 is 16.0. The van der Waals surface area contributed by atoms with Gasteiger partial charge in [0.05, 0.1) is 16.9 Å². The minimum atomic E-state index is -0.802. The summed E-state index contributed by atoms with van der Waals surface area (Å²) in [7, 11) is -0.802. The molecule has 2 rings (SSSR count). The maximum atomic E-state index is 11.1. The Morgan fingerprint density at radius 2 is 2.26 bits per heavy atom.